The van der Waals surface area contributed by atoms with Crippen LogP contribution in [0.15, 0.2) is 23.1 Å². The molecule has 31 heavy (non-hydrogen) atoms. The van der Waals surface area contributed by atoms with Crippen LogP contribution in [0.4, 0.5) is 0 Å². The highest BCUT2D eigenvalue weighted by Crippen LogP contribution is 2.62. The Balaban J connectivity index is 1.23. The summed E-state index contributed by atoms with van der Waals surface area (Å²) in [4.78, 5) is 15.3. The predicted molar refractivity (Wildman–Crippen MR) is 118 cm³/mol. The van der Waals surface area contributed by atoms with Gasteiger partial charge in [-0.15, -0.1) is 0 Å². The van der Waals surface area contributed by atoms with Crippen molar-refractivity contribution in [1.29, 1.82) is 0 Å². The predicted octanol–water partition coefficient (Wildman–Crippen LogP) is 2.86. The van der Waals surface area contributed by atoms with Crippen molar-refractivity contribution in [1.82, 2.24) is 9.21 Å². The number of nitrogens with zero attached hydrogens (tertiary/aromatic N) is 2. The number of piperazine rings is 1. The standard InChI is InChI=1S/C24H34N2O4S/c1-17-3-4-21(9-18(17)2)31(29,30)26-7-5-25(6-8-26)22(27)15-23-11-19-10-20(12-23)14-24(28,13-19)16-23/h3-4,9,19-20,28H,5-8,10-16H2,1-2H3/t19-,20-,23?,24?/m1/s1. The molecule has 7 heteroatoms. The lowest BCUT2D eigenvalue weighted by Crippen LogP contribution is -2.57. The Morgan fingerprint density at radius 2 is 1.68 bits per heavy atom. The fourth-order valence-corrected chi connectivity index (χ4v) is 8.75. The highest BCUT2D eigenvalue weighted by atomic mass is 32.2. The lowest BCUT2D eigenvalue weighted by molar-refractivity contribution is -0.172. The molecule has 4 saturated carbocycles. The Morgan fingerprint density at radius 1 is 1.03 bits per heavy atom. The molecule has 1 aliphatic heterocycles. The molecular weight excluding hydrogens is 412 g/mol. The molecule has 0 aromatic heterocycles. The second kappa shape index (κ2) is 7.29. The first-order valence-corrected chi connectivity index (χ1v) is 13.1. The molecule has 1 saturated heterocycles. The van der Waals surface area contributed by atoms with Crippen molar-refractivity contribution < 1.29 is 18.3 Å². The number of amides is 1. The van der Waals surface area contributed by atoms with Crippen LogP contribution in [0, 0.1) is 31.1 Å². The Labute approximate surface area is 185 Å². The summed E-state index contributed by atoms with van der Waals surface area (Å²) in [5, 5.41) is 11.0. The second-order valence-corrected chi connectivity index (χ2v) is 12.8. The number of aliphatic hydroxyl groups is 1. The molecule has 1 heterocycles. The van der Waals surface area contributed by atoms with E-state index >= 15 is 0 Å². The van der Waals surface area contributed by atoms with Gasteiger partial charge in [-0.1, -0.05) is 6.07 Å². The number of carbonyl (C=O) groups is 1. The van der Waals surface area contributed by atoms with E-state index in [9.17, 15) is 18.3 Å². The van der Waals surface area contributed by atoms with Crippen LogP contribution in [0.5, 0.6) is 0 Å². The van der Waals surface area contributed by atoms with Crippen molar-refractivity contribution in [2.24, 2.45) is 17.3 Å². The molecule has 6 nitrogen and oxygen atoms in total. The molecule has 1 aromatic rings. The van der Waals surface area contributed by atoms with Gasteiger partial charge >= 0.3 is 0 Å². The van der Waals surface area contributed by atoms with Gasteiger partial charge in [-0.2, -0.15) is 4.31 Å². The average molecular weight is 447 g/mol. The van der Waals surface area contributed by atoms with Crippen molar-refractivity contribution >= 4 is 15.9 Å². The Hall–Kier alpha value is -1.44. The monoisotopic (exact) mass is 446 g/mol. The molecule has 0 spiro atoms. The van der Waals surface area contributed by atoms with Crippen molar-refractivity contribution in [2.45, 2.75) is 69.3 Å². The molecule has 170 valence electrons. The van der Waals surface area contributed by atoms with E-state index in [1.807, 2.05) is 24.8 Å². The third kappa shape index (κ3) is 3.83. The van der Waals surface area contributed by atoms with Crippen molar-refractivity contribution in [2.75, 3.05) is 26.2 Å². The normalized spacial score (nSPS) is 35.5. The van der Waals surface area contributed by atoms with Gasteiger partial charge in [0.15, 0.2) is 0 Å². The zero-order valence-corrected chi connectivity index (χ0v) is 19.5. The minimum absolute atomic E-state index is 0.0431. The smallest absolute Gasteiger partial charge is 0.243 e. The Morgan fingerprint density at radius 3 is 2.26 bits per heavy atom. The zero-order chi connectivity index (χ0) is 22.0. The summed E-state index contributed by atoms with van der Waals surface area (Å²) in [6.45, 7) is 5.45. The second-order valence-electron chi connectivity index (χ2n) is 10.9. The largest absolute Gasteiger partial charge is 0.390 e. The summed E-state index contributed by atoms with van der Waals surface area (Å²) in [5.41, 5.74) is 1.44. The van der Waals surface area contributed by atoms with E-state index in [0.29, 0.717) is 49.3 Å². The van der Waals surface area contributed by atoms with Gasteiger partial charge < -0.3 is 10.0 Å². The van der Waals surface area contributed by atoms with E-state index in [2.05, 4.69) is 0 Å². The van der Waals surface area contributed by atoms with E-state index in [4.69, 9.17) is 0 Å². The quantitative estimate of drug-likeness (QED) is 0.772. The minimum Gasteiger partial charge on any atom is -0.390 e. The molecular formula is C24H34N2O4S. The van der Waals surface area contributed by atoms with Crippen molar-refractivity contribution in [3.63, 3.8) is 0 Å². The highest BCUT2D eigenvalue weighted by Gasteiger charge is 2.57. The minimum atomic E-state index is -3.54. The van der Waals surface area contributed by atoms with Crippen LogP contribution in [0.25, 0.3) is 0 Å². The summed E-state index contributed by atoms with van der Waals surface area (Å²) >= 11 is 0. The van der Waals surface area contributed by atoms with E-state index in [0.717, 1.165) is 43.2 Å². The summed E-state index contributed by atoms with van der Waals surface area (Å²) in [6.07, 6.45) is 6.44. The molecule has 0 unspecified atom stereocenters. The fourth-order valence-electron chi connectivity index (χ4n) is 7.24. The Kier molecular flexibility index (Phi) is 5.03. The molecule has 1 aromatic carbocycles. The van der Waals surface area contributed by atoms with Gasteiger partial charge in [0.05, 0.1) is 10.5 Å². The maximum atomic E-state index is 13.2. The number of sulfonamides is 1. The first-order valence-electron chi connectivity index (χ1n) is 11.7. The van der Waals surface area contributed by atoms with E-state index in [1.165, 1.54) is 10.7 Å². The van der Waals surface area contributed by atoms with Gasteiger partial charge in [0.25, 0.3) is 0 Å². The molecule has 6 rings (SSSR count). The topological polar surface area (TPSA) is 77.9 Å². The number of benzene rings is 1. The maximum Gasteiger partial charge on any atom is 0.243 e. The van der Waals surface area contributed by atoms with Crippen molar-refractivity contribution in [3.05, 3.63) is 29.3 Å². The number of aryl methyl sites for hydroxylation is 2. The molecule has 1 N–H and O–H groups in total. The van der Waals surface area contributed by atoms with Gasteiger partial charge in [-0.25, -0.2) is 8.42 Å². The molecule has 1 amide bonds. The SMILES string of the molecule is Cc1ccc(S(=O)(=O)N2CCN(C(=O)CC34C[C@H]5C[C@@H](CC(O)(C5)C3)C4)CC2)cc1C. The van der Waals surface area contributed by atoms with Gasteiger partial charge in [-0.3, -0.25) is 4.79 Å². The average Bonchev–Trinajstić information content (AvgIpc) is 2.67. The van der Waals surface area contributed by atoms with Gasteiger partial charge in [0.2, 0.25) is 15.9 Å². The van der Waals surface area contributed by atoms with Crippen LogP contribution < -0.4 is 0 Å². The van der Waals surface area contributed by atoms with Crippen LogP contribution >= 0.6 is 0 Å². The number of hydrogen-bond donors (Lipinski definition) is 1. The lowest BCUT2D eigenvalue weighted by atomic mass is 9.47. The van der Waals surface area contributed by atoms with Gasteiger partial charge in [-0.05, 0) is 92.9 Å². The third-order valence-corrected chi connectivity index (χ3v) is 10.3. The van der Waals surface area contributed by atoms with Crippen LogP contribution in [-0.2, 0) is 14.8 Å². The third-order valence-electron chi connectivity index (χ3n) is 8.39. The molecule has 4 bridgehead atoms. The molecule has 5 fully saturated rings. The first-order chi connectivity index (χ1) is 14.6. The number of hydrogen-bond acceptors (Lipinski definition) is 4. The first kappa shape index (κ1) is 21.4. The summed E-state index contributed by atoms with van der Waals surface area (Å²) < 4.78 is 27.6. The van der Waals surface area contributed by atoms with Gasteiger partial charge in [0.1, 0.15) is 0 Å². The highest BCUT2D eigenvalue weighted by molar-refractivity contribution is 7.89. The molecule has 0 radical (unpaired) electrons. The number of rotatable bonds is 4. The summed E-state index contributed by atoms with van der Waals surface area (Å²) in [7, 11) is -3.54. The Bertz CT molecular complexity index is 983. The van der Waals surface area contributed by atoms with Crippen LogP contribution in [0.3, 0.4) is 0 Å². The molecule has 4 aliphatic carbocycles. The lowest BCUT2D eigenvalue weighted by Gasteiger charge is -2.60. The number of carbonyl (C=O) groups excluding carboxylic acids is 1. The van der Waals surface area contributed by atoms with Crippen LogP contribution in [-0.4, -0.2) is 60.4 Å². The van der Waals surface area contributed by atoms with Crippen LogP contribution in [0.1, 0.15) is 56.1 Å². The fraction of sp³-hybridized carbons (Fsp3) is 0.708. The maximum absolute atomic E-state index is 13.2. The van der Waals surface area contributed by atoms with Gasteiger partial charge in [0, 0.05) is 32.6 Å². The van der Waals surface area contributed by atoms with E-state index < -0.39 is 15.6 Å². The van der Waals surface area contributed by atoms with Crippen molar-refractivity contribution in [3.8, 4) is 0 Å². The summed E-state index contributed by atoms with van der Waals surface area (Å²) in [5.74, 6) is 1.27. The zero-order valence-electron chi connectivity index (χ0n) is 18.6. The van der Waals surface area contributed by atoms with E-state index in [1.54, 1.807) is 12.1 Å². The van der Waals surface area contributed by atoms with Crippen LogP contribution in [0.2, 0.25) is 0 Å². The molecule has 5 aliphatic rings. The molecule has 2 atom stereocenters. The summed E-state index contributed by atoms with van der Waals surface area (Å²) in [6, 6.07) is 5.26. The van der Waals surface area contributed by atoms with E-state index in [-0.39, 0.29) is 11.3 Å².